The zero-order chi connectivity index (χ0) is 16.5. The maximum Gasteiger partial charge on any atom is 0.340 e. The molecule has 0 radical (unpaired) electrons. The third kappa shape index (κ3) is 2.44. The largest absolute Gasteiger partial charge is 0.431 e. The number of fused-ring (bicyclic) bond motifs is 1. The summed E-state index contributed by atoms with van der Waals surface area (Å²) in [5.74, 6) is -0.398. The molecule has 4 rings (SSSR count). The van der Waals surface area contributed by atoms with Crippen LogP contribution in [0.4, 0.5) is 4.79 Å². The van der Waals surface area contributed by atoms with Gasteiger partial charge in [-0.15, -0.1) is 0 Å². The SMILES string of the molecule is O=C1OC=C2[C@@H]1N(Cc1ccccc1)C(=O)N2Cc1ccccc1. The fourth-order valence-corrected chi connectivity index (χ4v) is 3.11. The van der Waals surface area contributed by atoms with Crippen LogP contribution in [0.5, 0.6) is 0 Å². The van der Waals surface area contributed by atoms with Crippen LogP contribution in [0, 0.1) is 0 Å². The Morgan fingerprint density at radius 2 is 1.42 bits per heavy atom. The van der Waals surface area contributed by atoms with Gasteiger partial charge < -0.3 is 9.64 Å². The molecule has 0 bridgehead atoms. The number of cyclic esters (lactones) is 1. The maximum absolute atomic E-state index is 12.9. The van der Waals surface area contributed by atoms with Gasteiger partial charge in [-0.1, -0.05) is 60.7 Å². The summed E-state index contributed by atoms with van der Waals surface area (Å²) in [5, 5.41) is 0. The van der Waals surface area contributed by atoms with Gasteiger partial charge in [0.05, 0.1) is 12.2 Å². The molecular weight excluding hydrogens is 304 g/mol. The molecule has 1 atom stereocenters. The average Bonchev–Trinajstić information content (AvgIpc) is 3.11. The first-order valence-corrected chi connectivity index (χ1v) is 7.80. The average molecular weight is 320 g/mol. The summed E-state index contributed by atoms with van der Waals surface area (Å²) >= 11 is 0. The highest BCUT2D eigenvalue weighted by Gasteiger charge is 2.49. The molecule has 0 unspecified atom stereocenters. The van der Waals surface area contributed by atoms with Gasteiger partial charge in [-0.2, -0.15) is 0 Å². The summed E-state index contributed by atoms with van der Waals surface area (Å²) in [4.78, 5) is 28.2. The summed E-state index contributed by atoms with van der Waals surface area (Å²) in [6.07, 6.45) is 1.40. The van der Waals surface area contributed by atoms with Crippen LogP contribution >= 0.6 is 0 Å². The Hall–Kier alpha value is -3.08. The molecular formula is C19H16N2O3. The number of carbonyl (C=O) groups is 2. The number of rotatable bonds is 4. The number of benzene rings is 2. The van der Waals surface area contributed by atoms with Crippen LogP contribution in [0.1, 0.15) is 11.1 Å². The Bertz CT molecular complexity index is 802. The topological polar surface area (TPSA) is 49.9 Å². The monoisotopic (exact) mass is 320 g/mol. The first-order chi connectivity index (χ1) is 11.7. The Labute approximate surface area is 139 Å². The van der Waals surface area contributed by atoms with Gasteiger partial charge in [0.2, 0.25) is 0 Å². The van der Waals surface area contributed by atoms with E-state index in [9.17, 15) is 9.59 Å². The second-order valence-corrected chi connectivity index (χ2v) is 5.85. The molecule has 0 N–H and O–H groups in total. The Morgan fingerprint density at radius 1 is 0.833 bits per heavy atom. The van der Waals surface area contributed by atoms with E-state index in [-0.39, 0.29) is 6.03 Å². The number of amides is 2. The molecule has 120 valence electrons. The molecule has 0 saturated carbocycles. The lowest BCUT2D eigenvalue weighted by Gasteiger charge is -2.20. The molecule has 0 aromatic heterocycles. The minimum absolute atomic E-state index is 0.171. The van der Waals surface area contributed by atoms with Crippen LogP contribution in [0.3, 0.4) is 0 Å². The minimum Gasteiger partial charge on any atom is -0.431 e. The number of hydrogen-bond acceptors (Lipinski definition) is 3. The number of esters is 1. The highest BCUT2D eigenvalue weighted by atomic mass is 16.5. The van der Waals surface area contributed by atoms with E-state index in [1.165, 1.54) is 6.26 Å². The molecule has 2 amide bonds. The fourth-order valence-electron chi connectivity index (χ4n) is 3.11. The predicted octanol–water partition coefficient (Wildman–Crippen LogP) is 2.89. The number of hydrogen-bond donors (Lipinski definition) is 0. The van der Waals surface area contributed by atoms with Gasteiger partial charge in [0.25, 0.3) is 0 Å². The summed E-state index contributed by atoms with van der Waals surface area (Å²) in [5.41, 5.74) is 2.60. The van der Waals surface area contributed by atoms with Gasteiger partial charge in [0.1, 0.15) is 6.26 Å². The van der Waals surface area contributed by atoms with Crippen molar-refractivity contribution in [1.82, 2.24) is 9.80 Å². The maximum atomic E-state index is 12.9. The van der Waals surface area contributed by atoms with E-state index < -0.39 is 12.0 Å². The molecule has 2 aromatic carbocycles. The first-order valence-electron chi connectivity index (χ1n) is 7.80. The van der Waals surface area contributed by atoms with Crippen LogP contribution in [0.25, 0.3) is 0 Å². The van der Waals surface area contributed by atoms with Crippen LogP contribution in [0.15, 0.2) is 72.6 Å². The molecule has 5 heteroatoms. The summed E-state index contributed by atoms with van der Waals surface area (Å²) < 4.78 is 5.07. The third-order valence-electron chi connectivity index (χ3n) is 4.28. The lowest BCUT2D eigenvalue weighted by molar-refractivity contribution is -0.139. The van der Waals surface area contributed by atoms with Crippen molar-refractivity contribution >= 4 is 12.0 Å². The zero-order valence-corrected chi connectivity index (χ0v) is 13.0. The molecule has 1 saturated heterocycles. The predicted molar refractivity (Wildman–Crippen MR) is 87.3 cm³/mol. The van der Waals surface area contributed by atoms with Crippen LogP contribution in [-0.4, -0.2) is 27.8 Å². The third-order valence-corrected chi connectivity index (χ3v) is 4.28. The van der Waals surface area contributed by atoms with E-state index in [0.717, 1.165) is 11.1 Å². The molecule has 2 heterocycles. The Kier molecular flexibility index (Phi) is 3.54. The van der Waals surface area contributed by atoms with E-state index in [1.54, 1.807) is 9.80 Å². The first kappa shape index (κ1) is 14.5. The van der Waals surface area contributed by atoms with Crippen molar-refractivity contribution in [3.8, 4) is 0 Å². The number of urea groups is 1. The highest BCUT2D eigenvalue weighted by Crippen LogP contribution is 2.34. The second kappa shape index (κ2) is 5.85. The van der Waals surface area contributed by atoms with Crippen molar-refractivity contribution in [2.45, 2.75) is 19.1 Å². The summed E-state index contributed by atoms with van der Waals surface area (Å²) in [7, 11) is 0. The van der Waals surface area contributed by atoms with E-state index >= 15 is 0 Å². The number of nitrogens with zero attached hydrogens (tertiary/aromatic N) is 2. The van der Waals surface area contributed by atoms with Gasteiger partial charge in [-0.25, -0.2) is 9.59 Å². The van der Waals surface area contributed by atoms with Gasteiger partial charge in [-0.05, 0) is 11.1 Å². The molecule has 2 aromatic rings. The van der Waals surface area contributed by atoms with Crippen molar-refractivity contribution in [2.24, 2.45) is 0 Å². The van der Waals surface area contributed by atoms with Crippen molar-refractivity contribution in [3.05, 3.63) is 83.7 Å². The van der Waals surface area contributed by atoms with Crippen molar-refractivity contribution in [1.29, 1.82) is 0 Å². The molecule has 1 fully saturated rings. The Balaban J connectivity index is 1.62. The standard InChI is InChI=1S/C19H16N2O3/c22-18-17-16(13-24-18)20(11-14-7-3-1-4-8-14)19(23)21(17)12-15-9-5-2-6-10-15/h1-10,13,17H,11-12H2/t17-/m0/s1. The molecule has 2 aliphatic rings. The van der Waals surface area contributed by atoms with Crippen LogP contribution < -0.4 is 0 Å². The van der Waals surface area contributed by atoms with Crippen molar-refractivity contribution < 1.29 is 14.3 Å². The lowest BCUT2D eigenvalue weighted by Crippen LogP contribution is -2.38. The quantitative estimate of drug-likeness (QED) is 0.814. The number of ether oxygens (including phenoxy) is 1. The molecule has 0 aliphatic carbocycles. The molecule has 24 heavy (non-hydrogen) atoms. The normalized spacial score (nSPS) is 19.3. The van der Waals surface area contributed by atoms with E-state index in [4.69, 9.17) is 4.74 Å². The fraction of sp³-hybridized carbons (Fsp3) is 0.158. The van der Waals surface area contributed by atoms with Gasteiger partial charge in [0, 0.05) is 6.54 Å². The molecule has 0 spiro atoms. The van der Waals surface area contributed by atoms with Crippen molar-refractivity contribution in [2.75, 3.05) is 0 Å². The van der Waals surface area contributed by atoms with E-state index in [1.807, 2.05) is 60.7 Å². The highest BCUT2D eigenvalue weighted by molar-refractivity contribution is 5.94. The van der Waals surface area contributed by atoms with Gasteiger partial charge >= 0.3 is 12.0 Å². The molecule has 2 aliphatic heterocycles. The zero-order valence-electron chi connectivity index (χ0n) is 13.0. The van der Waals surface area contributed by atoms with E-state index in [0.29, 0.717) is 18.8 Å². The summed E-state index contributed by atoms with van der Waals surface area (Å²) in [6.45, 7) is 0.798. The number of carbonyl (C=O) groups excluding carboxylic acids is 2. The van der Waals surface area contributed by atoms with Gasteiger partial charge in [-0.3, -0.25) is 4.90 Å². The van der Waals surface area contributed by atoms with Gasteiger partial charge in [0.15, 0.2) is 6.04 Å². The smallest absolute Gasteiger partial charge is 0.340 e. The Morgan fingerprint density at radius 3 is 2.04 bits per heavy atom. The minimum atomic E-state index is -0.651. The molecule has 5 nitrogen and oxygen atoms in total. The van der Waals surface area contributed by atoms with E-state index in [2.05, 4.69) is 0 Å². The van der Waals surface area contributed by atoms with Crippen LogP contribution in [-0.2, 0) is 22.6 Å². The second-order valence-electron chi connectivity index (χ2n) is 5.85. The lowest BCUT2D eigenvalue weighted by atomic mass is 10.1. The van der Waals surface area contributed by atoms with Crippen molar-refractivity contribution in [3.63, 3.8) is 0 Å². The van der Waals surface area contributed by atoms with Crippen LogP contribution in [0.2, 0.25) is 0 Å². The summed E-state index contributed by atoms with van der Waals surface area (Å²) in [6, 6.07) is 18.5.